The van der Waals surface area contributed by atoms with Crippen molar-refractivity contribution in [1.82, 2.24) is 9.97 Å². The Morgan fingerprint density at radius 3 is 2.73 bits per heavy atom. The number of H-pyrrole nitrogens is 1. The van der Waals surface area contributed by atoms with Crippen molar-refractivity contribution in [1.29, 1.82) is 0 Å². The van der Waals surface area contributed by atoms with Crippen molar-refractivity contribution >= 4 is 12.2 Å². The number of rotatable bonds is 3. The number of benzene rings is 2. The summed E-state index contributed by atoms with van der Waals surface area (Å²) in [6, 6.07) is 10.7. The lowest BCUT2D eigenvalue weighted by molar-refractivity contribution is 0.355. The van der Waals surface area contributed by atoms with Crippen LogP contribution in [-0.2, 0) is 6.42 Å². The van der Waals surface area contributed by atoms with Crippen molar-refractivity contribution in [2.45, 2.75) is 6.42 Å². The molecule has 7 heteroatoms. The minimum atomic E-state index is 0.0944. The predicted octanol–water partition coefficient (Wildman–Crippen LogP) is 4.23. The van der Waals surface area contributed by atoms with Crippen molar-refractivity contribution in [2.24, 2.45) is 0 Å². The summed E-state index contributed by atoms with van der Waals surface area (Å²) in [5, 5.41) is 10.1. The zero-order chi connectivity index (χ0) is 18.3. The fourth-order valence-electron chi connectivity index (χ4n) is 2.96. The molecule has 2 aromatic carbocycles. The number of phenolic OH excluding ortho intramolecular Hbond substituents is 1. The van der Waals surface area contributed by atoms with Gasteiger partial charge in [0, 0.05) is 17.5 Å². The number of fused-ring (bicyclic) bond motifs is 2. The zero-order valence-electron chi connectivity index (χ0n) is 14.2. The lowest BCUT2D eigenvalue weighted by Gasteiger charge is -2.21. The Morgan fingerprint density at radius 1 is 1.15 bits per heavy atom. The highest BCUT2D eigenvalue weighted by Gasteiger charge is 2.23. The molecule has 0 fully saturated rings. The Morgan fingerprint density at radius 2 is 1.96 bits per heavy atom. The van der Waals surface area contributed by atoms with Crippen LogP contribution in [0.1, 0.15) is 11.1 Å². The van der Waals surface area contributed by atoms with Crippen LogP contribution in [0.15, 0.2) is 36.4 Å². The fourth-order valence-corrected chi connectivity index (χ4v) is 3.22. The first kappa shape index (κ1) is 16.4. The van der Waals surface area contributed by atoms with Gasteiger partial charge >= 0.3 is 0 Å². The summed E-state index contributed by atoms with van der Waals surface area (Å²) in [5.74, 6) is 2.79. The number of hydrogen-bond acceptors (Lipinski definition) is 6. The molecule has 0 radical (unpaired) electrons. The van der Waals surface area contributed by atoms with Gasteiger partial charge in [0.25, 0.3) is 0 Å². The maximum absolute atomic E-state index is 10.1. The summed E-state index contributed by atoms with van der Waals surface area (Å²) in [6.45, 7) is 0. The normalized spacial score (nSPS) is 11.9. The molecule has 132 valence electrons. The monoisotopic (exact) mass is 368 g/mol. The van der Waals surface area contributed by atoms with Gasteiger partial charge in [-0.15, -0.1) is 0 Å². The maximum Gasteiger partial charge on any atom is 0.205 e. The molecule has 0 aliphatic carbocycles. The molecule has 1 aliphatic heterocycles. The highest BCUT2D eigenvalue weighted by molar-refractivity contribution is 7.71. The number of nitrogens with zero attached hydrogens (tertiary/aromatic N) is 1. The van der Waals surface area contributed by atoms with E-state index in [4.69, 9.17) is 26.4 Å². The van der Waals surface area contributed by atoms with Gasteiger partial charge < -0.3 is 24.3 Å². The number of phenols is 1. The maximum atomic E-state index is 10.1. The molecule has 0 saturated carbocycles. The third-order valence-electron chi connectivity index (χ3n) is 4.28. The number of aromatic amines is 1. The first-order valence-corrected chi connectivity index (χ1v) is 8.36. The van der Waals surface area contributed by atoms with Gasteiger partial charge in [0.1, 0.15) is 10.5 Å². The molecule has 0 bridgehead atoms. The summed E-state index contributed by atoms with van der Waals surface area (Å²) in [5.41, 5.74) is 2.45. The van der Waals surface area contributed by atoms with Crippen LogP contribution in [0.4, 0.5) is 0 Å². The van der Waals surface area contributed by atoms with E-state index in [9.17, 15) is 5.11 Å². The molecule has 1 aromatic heterocycles. The molecule has 2 N–H and O–H groups in total. The van der Waals surface area contributed by atoms with E-state index in [2.05, 4.69) is 9.97 Å². The summed E-state index contributed by atoms with van der Waals surface area (Å²) in [7, 11) is 3.16. The second kappa shape index (κ2) is 6.34. The van der Waals surface area contributed by atoms with Crippen molar-refractivity contribution < 1.29 is 19.3 Å². The highest BCUT2D eigenvalue weighted by Crippen LogP contribution is 2.41. The number of aromatic nitrogens is 2. The molecule has 6 nitrogen and oxygen atoms in total. The summed E-state index contributed by atoms with van der Waals surface area (Å²) in [6.07, 6.45) is 0.549. The quantitative estimate of drug-likeness (QED) is 0.527. The van der Waals surface area contributed by atoms with Crippen molar-refractivity contribution in [3.05, 3.63) is 52.2 Å². The molecule has 0 unspecified atom stereocenters. The van der Waals surface area contributed by atoms with E-state index in [1.54, 1.807) is 32.4 Å². The van der Waals surface area contributed by atoms with Crippen LogP contribution in [0.5, 0.6) is 28.9 Å². The number of ether oxygens (including phenoxy) is 3. The Hall–Kier alpha value is -3.06. The van der Waals surface area contributed by atoms with Gasteiger partial charge in [0.15, 0.2) is 23.0 Å². The number of nitrogens with one attached hydrogen (secondary N) is 1. The topological polar surface area (TPSA) is 76.6 Å². The van der Waals surface area contributed by atoms with Crippen LogP contribution < -0.4 is 14.2 Å². The Kier molecular flexibility index (Phi) is 4.00. The van der Waals surface area contributed by atoms with Crippen molar-refractivity contribution in [3.63, 3.8) is 0 Å². The molecule has 0 atom stereocenters. The van der Waals surface area contributed by atoms with Crippen LogP contribution >= 0.6 is 12.2 Å². The van der Waals surface area contributed by atoms with Gasteiger partial charge in [-0.1, -0.05) is 24.4 Å². The standard InChI is InChI=1S/C19H16N2O4S/c1-23-14-7-6-11(9-15(14)24-2)17-20-18-12(19(26)21-17)8-10-4-3-5-13(22)16(10)25-18/h3-7,9,22H,8H2,1-2H3,(H,20,21,26). The van der Waals surface area contributed by atoms with Gasteiger partial charge in [-0.2, -0.15) is 0 Å². The molecule has 4 rings (SSSR count). The van der Waals surface area contributed by atoms with Crippen LogP contribution in [-0.4, -0.2) is 29.3 Å². The number of hydrogen-bond donors (Lipinski definition) is 2. The van der Waals surface area contributed by atoms with E-state index in [-0.39, 0.29) is 5.75 Å². The Labute approximate surface area is 155 Å². The van der Waals surface area contributed by atoms with E-state index in [0.29, 0.717) is 40.0 Å². The second-order valence-corrected chi connectivity index (χ2v) is 6.20. The van der Waals surface area contributed by atoms with E-state index >= 15 is 0 Å². The molecule has 26 heavy (non-hydrogen) atoms. The smallest absolute Gasteiger partial charge is 0.205 e. The minimum Gasteiger partial charge on any atom is -0.504 e. The molecule has 2 heterocycles. The van der Waals surface area contributed by atoms with E-state index in [0.717, 1.165) is 16.7 Å². The third-order valence-corrected chi connectivity index (χ3v) is 4.62. The van der Waals surface area contributed by atoms with Crippen LogP contribution in [0.2, 0.25) is 0 Å². The van der Waals surface area contributed by atoms with E-state index in [1.165, 1.54) is 0 Å². The largest absolute Gasteiger partial charge is 0.504 e. The molecule has 1 aliphatic rings. The zero-order valence-corrected chi connectivity index (χ0v) is 15.0. The van der Waals surface area contributed by atoms with Crippen LogP contribution in [0, 0.1) is 4.64 Å². The van der Waals surface area contributed by atoms with Crippen LogP contribution in [0.3, 0.4) is 0 Å². The summed E-state index contributed by atoms with van der Waals surface area (Å²) < 4.78 is 17.0. The van der Waals surface area contributed by atoms with E-state index < -0.39 is 0 Å². The highest BCUT2D eigenvalue weighted by atomic mass is 32.1. The summed E-state index contributed by atoms with van der Waals surface area (Å²) in [4.78, 5) is 7.67. The average molecular weight is 368 g/mol. The number of methoxy groups -OCH3 is 2. The molecule has 0 amide bonds. The lowest BCUT2D eigenvalue weighted by atomic mass is 10.0. The molecular weight excluding hydrogens is 352 g/mol. The van der Waals surface area contributed by atoms with Crippen LogP contribution in [0.25, 0.3) is 11.4 Å². The van der Waals surface area contributed by atoms with Gasteiger partial charge in [-0.3, -0.25) is 0 Å². The Balaban J connectivity index is 1.81. The average Bonchev–Trinajstić information content (AvgIpc) is 2.66. The number of para-hydroxylation sites is 1. The number of aromatic hydroxyl groups is 1. The first-order valence-electron chi connectivity index (χ1n) is 7.95. The van der Waals surface area contributed by atoms with Gasteiger partial charge in [-0.05, 0) is 24.3 Å². The SMILES string of the molecule is COc1ccc(-c2nc(=S)c3c([nH]2)Oc2c(O)cccc2C3)cc1OC. The summed E-state index contributed by atoms with van der Waals surface area (Å²) >= 11 is 5.47. The minimum absolute atomic E-state index is 0.0944. The van der Waals surface area contributed by atoms with Crippen molar-refractivity contribution in [2.75, 3.05) is 14.2 Å². The molecule has 3 aromatic rings. The second-order valence-electron chi connectivity index (χ2n) is 5.81. The van der Waals surface area contributed by atoms with Crippen molar-refractivity contribution in [3.8, 4) is 40.3 Å². The third kappa shape index (κ3) is 2.66. The first-order chi connectivity index (χ1) is 12.6. The lowest BCUT2D eigenvalue weighted by Crippen LogP contribution is -2.08. The fraction of sp³-hybridized carbons (Fsp3) is 0.158. The molecular formula is C19H16N2O4S. The molecule has 0 spiro atoms. The molecule has 0 saturated heterocycles. The predicted molar refractivity (Wildman–Crippen MR) is 98.9 cm³/mol. The van der Waals surface area contributed by atoms with Gasteiger partial charge in [-0.25, -0.2) is 4.98 Å². The Bertz CT molecular complexity index is 1060. The van der Waals surface area contributed by atoms with Gasteiger partial charge in [0.2, 0.25) is 5.88 Å². The van der Waals surface area contributed by atoms with Gasteiger partial charge in [0.05, 0.1) is 19.8 Å². The van der Waals surface area contributed by atoms with E-state index in [1.807, 2.05) is 18.2 Å².